The number of carbonyl (C=O) groups excluding carboxylic acids is 1. The Morgan fingerprint density at radius 2 is 2.41 bits per heavy atom. The van der Waals surface area contributed by atoms with E-state index in [9.17, 15) is 4.79 Å². The number of halogens is 1. The lowest BCUT2D eigenvalue weighted by Crippen LogP contribution is -2.28. The number of ether oxygens (including phenoxy) is 1. The molecule has 0 saturated heterocycles. The highest BCUT2D eigenvalue weighted by molar-refractivity contribution is 6.33. The van der Waals surface area contributed by atoms with Crippen LogP contribution in [0.1, 0.15) is 23.8 Å². The number of nitrogens with zero attached hydrogens (tertiary/aromatic N) is 2. The maximum absolute atomic E-state index is 11.9. The lowest BCUT2D eigenvalue weighted by molar-refractivity contribution is 0.0977. The van der Waals surface area contributed by atoms with Gasteiger partial charge in [-0.05, 0) is 6.42 Å². The van der Waals surface area contributed by atoms with Gasteiger partial charge in [-0.15, -0.1) is 0 Å². The molecule has 0 amide bonds. The number of aryl methyl sites for hydroxylation is 1. The molecule has 1 heterocycles. The van der Waals surface area contributed by atoms with Crippen LogP contribution in [0.15, 0.2) is 6.20 Å². The monoisotopic (exact) mass is 259 g/mol. The van der Waals surface area contributed by atoms with Gasteiger partial charge in [-0.25, -0.2) is 0 Å². The van der Waals surface area contributed by atoms with Gasteiger partial charge in [0.25, 0.3) is 0 Å². The van der Waals surface area contributed by atoms with Crippen LogP contribution in [0.3, 0.4) is 0 Å². The van der Waals surface area contributed by atoms with Crippen molar-refractivity contribution in [3.8, 4) is 0 Å². The number of nitrogens with one attached hydrogen (secondary N) is 1. The maximum atomic E-state index is 11.9. The predicted molar refractivity (Wildman–Crippen MR) is 66.6 cm³/mol. The van der Waals surface area contributed by atoms with E-state index in [2.05, 4.69) is 10.4 Å². The molecule has 6 heteroatoms. The predicted octanol–water partition coefficient (Wildman–Crippen LogP) is 1.37. The van der Waals surface area contributed by atoms with Gasteiger partial charge in [0.15, 0.2) is 5.78 Å². The Morgan fingerprint density at radius 1 is 1.65 bits per heavy atom. The van der Waals surface area contributed by atoms with Gasteiger partial charge in [-0.2, -0.15) is 5.10 Å². The fourth-order valence-corrected chi connectivity index (χ4v) is 1.73. The molecule has 0 aliphatic carbocycles. The third-order valence-electron chi connectivity index (χ3n) is 2.26. The summed E-state index contributed by atoms with van der Waals surface area (Å²) in [5, 5.41) is 7.49. The van der Waals surface area contributed by atoms with E-state index in [1.807, 2.05) is 6.92 Å². The molecule has 0 aliphatic heterocycles. The number of hydrogen-bond donors (Lipinski definition) is 1. The summed E-state index contributed by atoms with van der Waals surface area (Å²) in [5.74, 6) is -0.0444. The molecule has 0 aliphatic rings. The zero-order valence-corrected chi connectivity index (χ0v) is 11.0. The molecule has 0 spiro atoms. The summed E-state index contributed by atoms with van der Waals surface area (Å²) in [7, 11) is 1.62. The Morgan fingerprint density at radius 3 is 3.06 bits per heavy atom. The number of Topliss-reactive ketones (excluding diaryl/α,β-unsaturated/α-hetero) is 1. The summed E-state index contributed by atoms with van der Waals surface area (Å²) in [6, 6.07) is 0. The normalized spacial score (nSPS) is 10.8. The average Bonchev–Trinajstić information content (AvgIpc) is 2.66. The number of aromatic nitrogens is 2. The van der Waals surface area contributed by atoms with E-state index in [4.69, 9.17) is 16.3 Å². The van der Waals surface area contributed by atoms with E-state index < -0.39 is 0 Å². The van der Waals surface area contributed by atoms with Gasteiger partial charge in [-0.3, -0.25) is 9.48 Å². The zero-order chi connectivity index (χ0) is 12.7. The maximum Gasteiger partial charge on any atom is 0.196 e. The van der Waals surface area contributed by atoms with Crippen molar-refractivity contribution >= 4 is 17.4 Å². The van der Waals surface area contributed by atoms with Crippen LogP contribution in [0.2, 0.25) is 5.02 Å². The fraction of sp³-hybridized carbons (Fsp3) is 0.636. The Hall–Kier alpha value is -0.910. The quantitative estimate of drug-likeness (QED) is 0.566. The lowest BCUT2D eigenvalue weighted by Gasteiger charge is -2.07. The van der Waals surface area contributed by atoms with Crippen molar-refractivity contribution in [2.45, 2.75) is 19.9 Å². The SMILES string of the molecule is CCCn1ncc(Cl)c1C(=O)CNCCOC. The van der Waals surface area contributed by atoms with E-state index in [1.165, 1.54) is 6.20 Å². The molecule has 1 aromatic heterocycles. The third kappa shape index (κ3) is 4.11. The van der Waals surface area contributed by atoms with Crippen molar-refractivity contribution in [2.75, 3.05) is 26.8 Å². The molecule has 0 radical (unpaired) electrons. The highest BCUT2D eigenvalue weighted by atomic mass is 35.5. The van der Waals surface area contributed by atoms with Crippen LogP contribution in [0.4, 0.5) is 0 Å². The molecule has 17 heavy (non-hydrogen) atoms. The first-order chi connectivity index (χ1) is 8.20. The largest absolute Gasteiger partial charge is 0.383 e. The highest BCUT2D eigenvalue weighted by Gasteiger charge is 2.16. The lowest BCUT2D eigenvalue weighted by atomic mass is 10.2. The highest BCUT2D eigenvalue weighted by Crippen LogP contribution is 2.15. The first kappa shape index (κ1) is 14.2. The number of methoxy groups -OCH3 is 1. The van der Waals surface area contributed by atoms with E-state index in [1.54, 1.807) is 11.8 Å². The van der Waals surface area contributed by atoms with Gasteiger partial charge in [0.05, 0.1) is 24.4 Å². The Kier molecular flexibility index (Phi) is 6.18. The van der Waals surface area contributed by atoms with Crippen molar-refractivity contribution in [2.24, 2.45) is 0 Å². The number of ketones is 1. The number of rotatable bonds is 8. The summed E-state index contributed by atoms with van der Waals surface area (Å²) in [6.45, 7) is 4.20. The summed E-state index contributed by atoms with van der Waals surface area (Å²) in [6.07, 6.45) is 2.43. The van der Waals surface area contributed by atoms with Crippen LogP contribution in [-0.2, 0) is 11.3 Å². The molecule has 1 rings (SSSR count). The molecule has 96 valence electrons. The molecular formula is C11H18ClN3O2. The van der Waals surface area contributed by atoms with Crippen LogP contribution in [0, 0.1) is 0 Å². The molecule has 5 nitrogen and oxygen atoms in total. The van der Waals surface area contributed by atoms with Crippen molar-refractivity contribution in [1.29, 1.82) is 0 Å². The van der Waals surface area contributed by atoms with Gasteiger partial charge in [0.1, 0.15) is 5.69 Å². The molecule has 0 aromatic carbocycles. The first-order valence-corrected chi connectivity index (χ1v) is 6.02. The molecule has 1 N–H and O–H groups in total. The Bertz CT molecular complexity index is 366. The van der Waals surface area contributed by atoms with E-state index in [0.717, 1.165) is 6.42 Å². The van der Waals surface area contributed by atoms with E-state index in [-0.39, 0.29) is 12.3 Å². The van der Waals surface area contributed by atoms with E-state index >= 15 is 0 Å². The van der Waals surface area contributed by atoms with Gasteiger partial charge in [0.2, 0.25) is 0 Å². The molecule has 1 aromatic rings. The Balaban J connectivity index is 2.58. The van der Waals surface area contributed by atoms with Crippen LogP contribution >= 0.6 is 11.6 Å². The smallest absolute Gasteiger partial charge is 0.196 e. The topological polar surface area (TPSA) is 56.2 Å². The standard InChI is InChI=1S/C11H18ClN3O2/c1-3-5-15-11(9(12)7-14-15)10(16)8-13-4-6-17-2/h7,13H,3-6,8H2,1-2H3. The van der Waals surface area contributed by atoms with Crippen molar-refractivity contribution in [3.05, 3.63) is 16.9 Å². The van der Waals surface area contributed by atoms with Crippen LogP contribution in [0.5, 0.6) is 0 Å². The molecule has 0 atom stereocenters. The minimum absolute atomic E-state index is 0.0444. The molecule has 0 saturated carbocycles. The molecule has 0 unspecified atom stereocenters. The zero-order valence-electron chi connectivity index (χ0n) is 10.2. The van der Waals surface area contributed by atoms with Crippen molar-refractivity contribution < 1.29 is 9.53 Å². The van der Waals surface area contributed by atoms with Crippen LogP contribution in [-0.4, -0.2) is 42.4 Å². The van der Waals surface area contributed by atoms with Crippen LogP contribution < -0.4 is 5.32 Å². The summed E-state index contributed by atoms with van der Waals surface area (Å²) in [5.41, 5.74) is 0.485. The molecule has 0 bridgehead atoms. The fourth-order valence-electron chi connectivity index (χ4n) is 1.48. The second kappa shape index (κ2) is 7.42. The number of carbonyl (C=O) groups is 1. The average molecular weight is 260 g/mol. The van der Waals surface area contributed by atoms with Gasteiger partial charge in [-0.1, -0.05) is 18.5 Å². The van der Waals surface area contributed by atoms with Crippen LogP contribution in [0.25, 0.3) is 0 Å². The molecule has 0 fully saturated rings. The Labute approximate surface area is 106 Å². The van der Waals surface area contributed by atoms with Gasteiger partial charge < -0.3 is 10.1 Å². The minimum Gasteiger partial charge on any atom is -0.383 e. The summed E-state index contributed by atoms with van der Waals surface area (Å²) in [4.78, 5) is 11.9. The first-order valence-electron chi connectivity index (χ1n) is 5.64. The van der Waals surface area contributed by atoms with E-state index in [0.29, 0.717) is 30.4 Å². The second-order valence-electron chi connectivity index (χ2n) is 3.66. The summed E-state index contributed by atoms with van der Waals surface area (Å²) >= 11 is 5.96. The molecular weight excluding hydrogens is 242 g/mol. The van der Waals surface area contributed by atoms with Gasteiger partial charge in [0, 0.05) is 20.2 Å². The summed E-state index contributed by atoms with van der Waals surface area (Å²) < 4.78 is 6.54. The second-order valence-corrected chi connectivity index (χ2v) is 4.06. The number of hydrogen-bond acceptors (Lipinski definition) is 4. The van der Waals surface area contributed by atoms with Gasteiger partial charge >= 0.3 is 0 Å². The third-order valence-corrected chi connectivity index (χ3v) is 2.54. The van der Waals surface area contributed by atoms with Crippen molar-refractivity contribution in [1.82, 2.24) is 15.1 Å². The van der Waals surface area contributed by atoms with Crippen molar-refractivity contribution in [3.63, 3.8) is 0 Å². The minimum atomic E-state index is -0.0444.